The van der Waals surface area contributed by atoms with Gasteiger partial charge in [0.05, 0.1) is 0 Å². The topological polar surface area (TPSA) is 37.3 Å². The van der Waals surface area contributed by atoms with E-state index in [2.05, 4.69) is 18.7 Å². The fourth-order valence-corrected chi connectivity index (χ4v) is 3.65. The van der Waals surface area contributed by atoms with Gasteiger partial charge in [-0.25, -0.2) is 0 Å². The molecule has 2 nitrogen and oxygen atoms in total. The molecule has 0 spiro atoms. The van der Waals surface area contributed by atoms with E-state index in [1.54, 1.807) is 0 Å². The lowest BCUT2D eigenvalue weighted by atomic mass is 10.1. The van der Waals surface area contributed by atoms with Gasteiger partial charge in [-0.1, -0.05) is 77.6 Å². The fourth-order valence-electron chi connectivity index (χ4n) is 2.63. The first-order chi connectivity index (χ1) is 10.8. The van der Waals surface area contributed by atoms with Crippen molar-refractivity contribution in [2.45, 2.75) is 103 Å². The Morgan fingerprint density at radius 2 is 1.09 bits per heavy atom. The third-order valence-corrected chi connectivity index (χ3v) is 5.23. The lowest BCUT2D eigenvalue weighted by molar-refractivity contribution is -0.137. The van der Waals surface area contributed by atoms with Crippen LogP contribution >= 0.6 is 11.8 Å². The van der Waals surface area contributed by atoms with Crippen LogP contribution in [0.2, 0.25) is 0 Å². The number of hydrogen-bond donors (Lipinski definition) is 1. The van der Waals surface area contributed by atoms with Crippen molar-refractivity contribution in [1.82, 2.24) is 0 Å². The summed E-state index contributed by atoms with van der Waals surface area (Å²) in [7, 11) is 0. The summed E-state index contributed by atoms with van der Waals surface area (Å²) < 4.78 is 0. The first-order valence-electron chi connectivity index (χ1n) is 9.57. The third-order valence-electron chi connectivity index (χ3n) is 4.07. The number of carboxylic acids is 1. The van der Waals surface area contributed by atoms with Crippen LogP contribution in [0.3, 0.4) is 0 Å². The smallest absolute Gasteiger partial charge is 0.303 e. The molecule has 0 aromatic carbocycles. The van der Waals surface area contributed by atoms with E-state index in [1.165, 1.54) is 88.6 Å². The minimum atomic E-state index is -0.657. The van der Waals surface area contributed by atoms with Crippen molar-refractivity contribution in [2.75, 3.05) is 11.5 Å². The van der Waals surface area contributed by atoms with Gasteiger partial charge in [0, 0.05) is 6.42 Å². The van der Waals surface area contributed by atoms with E-state index in [1.807, 2.05) is 0 Å². The van der Waals surface area contributed by atoms with Gasteiger partial charge in [-0.05, 0) is 30.8 Å². The molecule has 0 bridgehead atoms. The molecular weight excluding hydrogens is 292 g/mol. The molecule has 0 radical (unpaired) electrons. The molecule has 0 heterocycles. The summed E-state index contributed by atoms with van der Waals surface area (Å²) in [5.41, 5.74) is 0. The van der Waals surface area contributed by atoms with Crippen LogP contribution in [0, 0.1) is 0 Å². The number of hydrogen-bond acceptors (Lipinski definition) is 2. The molecule has 22 heavy (non-hydrogen) atoms. The second-order valence-corrected chi connectivity index (χ2v) is 7.58. The Kier molecular flexibility index (Phi) is 18.7. The number of thioether (sulfide) groups is 1. The van der Waals surface area contributed by atoms with Gasteiger partial charge in [0.15, 0.2) is 0 Å². The van der Waals surface area contributed by atoms with Gasteiger partial charge < -0.3 is 5.11 Å². The third kappa shape index (κ3) is 19.8. The summed E-state index contributed by atoms with van der Waals surface area (Å²) in [6.45, 7) is 2.28. The highest BCUT2D eigenvalue weighted by Gasteiger charge is 1.97. The highest BCUT2D eigenvalue weighted by molar-refractivity contribution is 7.99. The molecule has 1 N–H and O–H groups in total. The molecular formula is C19H38O2S. The van der Waals surface area contributed by atoms with E-state index in [0.29, 0.717) is 6.42 Å². The molecule has 0 amide bonds. The van der Waals surface area contributed by atoms with Gasteiger partial charge in [0.25, 0.3) is 0 Å². The molecule has 132 valence electrons. The predicted molar refractivity (Wildman–Crippen MR) is 99.9 cm³/mol. The second kappa shape index (κ2) is 18.9. The van der Waals surface area contributed by atoms with Crippen LogP contribution in [-0.4, -0.2) is 22.6 Å². The molecule has 0 fully saturated rings. The van der Waals surface area contributed by atoms with Gasteiger partial charge in [-0.3, -0.25) is 4.79 Å². The summed E-state index contributed by atoms with van der Waals surface area (Å²) >= 11 is 2.08. The fraction of sp³-hybridized carbons (Fsp3) is 0.947. The second-order valence-electron chi connectivity index (χ2n) is 6.35. The Morgan fingerprint density at radius 1 is 0.682 bits per heavy atom. The van der Waals surface area contributed by atoms with Crippen LogP contribution in [0.5, 0.6) is 0 Å². The SMILES string of the molecule is CCCCCCCCCCCCSCCCCCCC(=O)O. The van der Waals surface area contributed by atoms with Crippen LogP contribution in [0.1, 0.15) is 103 Å². The van der Waals surface area contributed by atoms with Crippen molar-refractivity contribution < 1.29 is 9.90 Å². The zero-order chi connectivity index (χ0) is 16.3. The van der Waals surface area contributed by atoms with Gasteiger partial charge in [-0.15, -0.1) is 0 Å². The summed E-state index contributed by atoms with van der Waals surface area (Å²) in [5.74, 6) is 1.91. The quantitative estimate of drug-likeness (QED) is 0.285. The van der Waals surface area contributed by atoms with Crippen molar-refractivity contribution in [3.8, 4) is 0 Å². The first-order valence-corrected chi connectivity index (χ1v) is 10.7. The predicted octanol–water partition coefficient (Wildman–Crippen LogP) is 6.68. The molecule has 0 saturated carbocycles. The highest BCUT2D eigenvalue weighted by Crippen LogP contribution is 2.14. The van der Waals surface area contributed by atoms with Crippen LogP contribution in [0.4, 0.5) is 0 Å². The maximum atomic E-state index is 10.4. The average molecular weight is 331 g/mol. The average Bonchev–Trinajstić information content (AvgIpc) is 2.50. The Bertz CT molecular complexity index is 231. The van der Waals surface area contributed by atoms with Gasteiger partial charge in [-0.2, -0.15) is 11.8 Å². The molecule has 0 aliphatic carbocycles. The summed E-state index contributed by atoms with van der Waals surface area (Å²) in [6.07, 6.45) is 18.8. The zero-order valence-electron chi connectivity index (χ0n) is 14.8. The van der Waals surface area contributed by atoms with Crippen molar-refractivity contribution in [3.63, 3.8) is 0 Å². The molecule has 0 aromatic heterocycles. The monoisotopic (exact) mass is 330 g/mol. The molecule has 0 unspecified atom stereocenters. The van der Waals surface area contributed by atoms with E-state index in [4.69, 9.17) is 5.11 Å². The minimum Gasteiger partial charge on any atom is -0.481 e. The van der Waals surface area contributed by atoms with Gasteiger partial charge >= 0.3 is 5.97 Å². The number of carboxylic acid groups (broad SMARTS) is 1. The lowest BCUT2D eigenvalue weighted by Crippen LogP contribution is -1.93. The van der Waals surface area contributed by atoms with E-state index < -0.39 is 5.97 Å². The van der Waals surface area contributed by atoms with Crippen molar-refractivity contribution in [3.05, 3.63) is 0 Å². The molecule has 0 atom stereocenters. The molecule has 0 aromatic rings. The maximum Gasteiger partial charge on any atom is 0.303 e. The Balaban J connectivity index is 2.95. The molecule has 0 aliphatic rings. The highest BCUT2D eigenvalue weighted by atomic mass is 32.2. The molecule has 0 aliphatic heterocycles. The normalized spacial score (nSPS) is 11.0. The number of carbonyl (C=O) groups is 1. The number of unbranched alkanes of at least 4 members (excludes halogenated alkanes) is 12. The molecule has 0 rings (SSSR count). The minimum absolute atomic E-state index is 0.339. The first kappa shape index (κ1) is 21.8. The summed E-state index contributed by atoms with van der Waals surface area (Å²) in [4.78, 5) is 10.4. The summed E-state index contributed by atoms with van der Waals surface area (Å²) in [6, 6.07) is 0. The number of rotatable bonds is 18. The van der Waals surface area contributed by atoms with Crippen LogP contribution in [0.25, 0.3) is 0 Å². The largest absolute Gasteiger partial charge is 0.481 e. The zero-order valence-corrected chi connectivity index (χ0v) is 15.6. The van der Waals surface area contributed by atoms with Crippen molar-refractivity contribution in [1.29, 1.82) is 0 Å². The van der Waals surface area contributed by atoms with Crippen LogP contribution in [-0.2, 0) is 4.79 Å². The molecule has 0 saturated heterocycles. The Morgan fingerprint density at radius 3 is 1.55 bits per heavy atom. The standard InChI is InChI=1S/C19H38O2S/c1-2-3-4-5-6-7-8-9-11-14-17-22-18-15-12-10-13-16-19(20)21/h2-18H2,1H3,(H,20,21). The lowest BCUT2D eigenvalue weighted by Gasteiger charge is -2.03. The van der Waals surface area contributed by atoms with E-state index >= 15 is 0 Å². The van der Waals surface area contributed by atoms with E-state index in [-0.39, 0.29) is 0 Å². The summed E-state index contributed by atoms with van der Waals surface area (Å²) in [5, 5.41) is 8.53. The van der Waals surface area contributed by atoms with Gasteiger partial charge in [0.2, 0.25) is 0 Å². The van der Waals surface area contributed by atoms with Gasteiger partial charge in [0.1, 0.15) is 0 Å². The Hall–Kier alpha value is -0.180. The number of aliphatic carboxylic acids is 1. The van der Waals surface area contributed by atoms with Crippen molar-refractivity contribution >= 4 is 17.7 Å². The van der Waals surface area contributed by atoms with Crippen LogP contribution in [0.15, 0.2) is 0 Å². The Labute approximate surface area is 142 Å². The molecule has 3 heteroatoms. The van der Waals surface area contributed by atoms with E-state index in [9.17, 15) is 4.79 Å². The van der Waals surface area contributed by atoms with E-state index in [0.717, 1.165) is 12.8 Å². The van der Waals surface area contributed by atoms with Crippen molar-refractivity contribution in [2.24, 2.45) is 0 Å². The van der Waals surface area contributed by atoms with Crippen LogP contribution < -0.4 is 0 Å². The maximum absolute atomic E-state index is 10.4.